The fraction of sp³-hybridized carbons (Fsp3) is 0.889. The molecule has 4 fully saturated rings. The minimum atomic E-state index is -7.31. The van der Waals surface area contributed by atoms with E-state index in [9.17, 15) is 44.4 Å². The first-order valence-electron chi connectivity index (χ1n) is 14.3. The van der Waals surface area contributed by atoms with E-state index in [-0.39, 0.29) is 17.8 Å². The lowest BCUT2D eigenvalue weighted by Gasteiger charge is -2.56. The van der Waals surface area contributed by atoms with Crippen molar-refractivity contribution in [2.75, 3.05) is 13.2 Å². The van der Waals surface area contributed by atoms with Gasteiger partial charge >= 0.3 is 48.7 Å². The van der Waals surface area contributed by atoms with Crippen LogP contribution in [0.5, 0.6) is 0 Å². The number of halogens is 5. The van der Waals surface area contributed by atoms with Crippen molar-refractivity contribution >= 4 is 38.0 Å². The molecule has 4 aliphatic rings. The van der Waals surface area contributed by atoms with Crippen molar-refractivity contribution < 1.29 is 67.4 Å². The van der Waals surface area contributed by atoms with Crippen LogP contribution in [-0.4, -0.2) is 73.6 Å². The van der Waals surface area contributed by atoms with Crippen LogP contribution in [0.4, 0.5) is 22.0 Å². The average Bonchev–Trinajstić information content (AvgIpc) is 2.81. The summed E-state index contributed by atoms with van der Waals surface area (Å²) in [4.78, 5) is 38.9. The first-order valence-corrected chi connectivity index (χ1v) is 17.2. The Morgan fingerprint density at radius 1 is 0.689 bits per heavy atom. The number of hydrogen-bond donors (Lipinski definition) is 0. The lowest BCUT2D eigenvalue weighted by atomic mass is 9.50. The molecular weight excluding hydrogens is 657 g/mol. The van der Waals surface area contributed by atoms with Gasteiger partial charge in [0.25, 0.3) is 0 Å². The number of nitrogens with zero attached hydrogens (tertiary/aromatic N) is 1. The molecule has 0 heterocycles. The summed E-state index contributed by atoms with van der Waals surface area (Å²) in [5.41, 5.74) is -13.5. The molecule has 0 aromatic heterocycles. The van der Waals surface area contributed by atoms with E-state index in [1.165, 1.54) is 41.5 Å². The second-order valence-electron chi connectivity index (χ2n) is 14.7. The first kappa shape index (κ1) is 37.4. The number of sulfonamides is 2. The SMILES string of the molecule is CC(C)(C)OC(=O)C(C)(CN(S(=O)(=O)C(F)(F)F)S(=O)(=O)C(F)(F)C(=O)OCC12CC3CC(CC(C3)C1)C2)C(=O)OC(C)(C)C. The quantitative estimate of drug-likeness (QED) is 0.138. The second-order valence-corrected chi connectivity index (χ2v) is 18.7. The Labute approximate surface area is 259 Å². The minimum absolute atomic E-state index is 0.269. The third-order valence-electron chi connectivity index (χ3n) is 8.21. The Kier molecular flexibility index (Phi) is 9.60. The average molecular weight is 698 g/mol. The van der Waals surface area contributed by atoms with Crippen molar-refractivity contribution in [1.29, 1.82) is 0 Å². The summed E-state index contributed by atoms with van der Waals surface area (Å²) in [5, 5.41) is -5.89. The van der Waals surface area contributed by atoms with Crippen molar-refractivity contribution in [2.24, 2.45) is 28.6 Å². The molecule has 0 N–H and O–H groups in total. The van der Waals surface area contributed by atoms with Crippen LogP contribution in [0.3, 0.4) is 0 Å². The first-order chi connectivity index (χ1) is 20.0. The van der Waals surface area contributed by atoms with Gasteiger partial charge in [-0.05, 0) is 105 Å². The van der Waals surface area contributed by atoms with Crippen molar-refractivity contribution in [3.8, 4) is 0 Å². The largest absolute Gasteiger partial charge is 0.512 e. The van der Waals surface area contributed by atoms with E-state index in [4.69, 9.17) is 14.2 Å². The second kappa shape index (κ2) is 11.6. The molecule has 0 aliphatic heterocycles. The molecule has 0 aromatic rings. The summed E-state index contributed by atoms with van der Waals surface area (Å²) in [5.74, 6) is -5.55. The lowest BCUT2D eigenvalue weighted by molar-refractivity contribution is -0.184. The molecule has 11 nitrogen and oxygen atoms in total. The zero-order valence-electron chi connectivity index (χ0n) is 26.1. The van der Waals surface area contributed by atoms with E-state index in [1.54, 1.807) is 0 Å². The molecule has 4 rings (SSSR count). The predicted molar refractivity (Wildman–Crippen MR) is 147 cm³/mol. The van der Waals surface area contributed by atoms with Crippen LogP contribution in [0.2, 0.25) is 0 Å². The van der Waals surface area contributed by atoms with Crippen molar-refractivity contribution in [2.45, 2.75) is 109 Å². The van der Waals surface area contributed by atoms with Gasteiger partial charge < -0.3 is 14.2 Å². The normalized spacial score (nSPS) is 26.1. The highest BCUT2D eigenvalue weighted by Gasteiger charge is 2.67. The maximum Gasteiger partial charge on any atom is 0.512 e. The molecule has 0 radical (unpaired) electrons. The molecule has 18 heteroatoms. The maximum absolute atomic E-state index is 15.5. The van der Waals surface area contributed by atoms with Crippen molar-refractivity contribution in [3.63, 3.8) is 0 Å². The third kappa shape index (κ3) is 7.57. The molecule has 4 saturated carbocycles. The Balaban J connectivity index is 2.03. The summed E-state index contributed by atoms with van der Waals surface area (Å²) >= 11 is 0. The van der Waals surface area contributed by atoms with Gasteiger partial charge in [-0.3, -0.25) is 9.59 Å². The summed E-state index contributed by atoms with van der Waals surface area (Å²) < 4.78 is 137. The third-order valence-corrected chi connectivity index (χ3v) is 12.1. The summed E-state index contributed by atoms with van der Waals surface area (Å²) in [6.07, 6.45) is 4.37. The molecule has 45 heavy (non-hydrogen) atoms. The Morgan fingerprint density at radius 2 is 1.07 bits per heavy atom. The van der Waals surface area contributed by atoms with E-state index >= 15 is 8.78 Å². The van der Waals surface area contributed by atoms with Crippen LogP contribution in [0, 0.1) is 28.6 Å². The predicted octanol–water partition coefficient (Wildman–Crippen LogP) is 4.51. The fourth-order valence-electron chi connectivity index (χ4n) is 6.67. The summed E-state index contributed by atoms with van der Waals surface area (Å²) in [6.45, 7) is 5.02. The van der Waals surface area contributed by atoms with Gasteiger partial charge in [-0.25, -0.2) is 21.6 Å². The van der Waals surface area contributed by atoms with E-state index in [2.05, 4.69) is 0 Å². The number of esters is 3. The molecule has 0 amide bonds. The molecule has 4 bridgehead atoms. The minimum Gasteiger partial charge on any atom is -0.460 e. The number of carbonyl (C=O) groups excluding carboxylic acids is 3. The molecular formula is C27H40F5NO10S2. The molecule has 0 aromatic carbocycles. The van der Waals surface area contributed by atoms with E-state index < -0.39 is 87.6 Å². The van der Waals surface area contributed by atoms with Gasteiger partial charge in [-0.15, -0.1) is 0 Å². The molecule has 0 spiro atoms. The highest BCUT2D eigenvalue weighted by Crippen LogP contribution is 2.60. The molecule has 260 valence electrons. The van der Waals surface area contributed by atoms with E-state index in [0.717, 1.165) is 19.3 Å². The Hall–Kier alpha value is -2.08. The van der Waals surface area contributed by atoms with Crippen LogP contribution in [0.1, 0.15) is 87.0 Å². The molecule has 0 atom stereocenters. The van der Waals surface area contributed by atoms with Crippen molar-refractivity contribution in [3.05, 3.63) is 0 Å². The van der Waals surface area contributed by atoms with E-state index in [0.29, 0.717) is 26.2 Å². The topological polar surface area (TPSA) is 150 Å². The van der Waals surface area contributed by atoms with Crippen LogP contribution >= 0.6 is 0 Å². The number of hydrogen-bond acceptors (Lipinski definition) is 10. The number of alkyl halides is 5. The van der Waals surface area contributed by atoms with Gasteiger partial charge in [0, 0.05) is 5.41 Å². The fourth-order valence-corrected chi connectivity index (χ4v) is 9.85. The van der Waals surface area contributed by atoms with Gasteiger partial charge in [0.15, 0.2) is 5.41 Å². The molecule has 0 saturated heterocycles. The Morgan fingerprint density at radius 3 is 1.40 bits per heavy atom. The Bertz CT molecular complexity index is 1350. The monoisotopic (exact) mass is 697 g/mol. The zero-order valence-corrected chi connectivity index (χ0v) is 27.8. The summed E-state index contributed by atoms with van der Waals surface area (Å²) in [7, 11) is -14.5. The standard InChI is InChI=1S/C27H40F5NO10S2/c1-22(2,3)42-19(34)24(7,20(35)43-23(4,5)6)14-33(45(39,40)27(30,31)32)44(37,38)26(28,29)21(36)41-15-25-11-16-8-17(12-25)10-18(9-16)13-25/h16-18H,8-15H2,1-7H3. The van der Waals surface area contributed by atoms with Crippen LogP contribution in [0.15, 0.2) is 0 Å². The van der Waals surface area contributed by atoms with Crippen LogP contribution in [0.25, 0.3) is 0 Å². The van der Waals surface area contributed by atoms with Crippen LogP contribution in [-0.2, 0) is 48.6 Å². The highest BCUT2D eigenvalue weighted by molar-refractivity contribution is 8.05. The number of ether oxygens (including phenoxy) is 3. The zero-order chi connectivity index (χ0) is 34.8. The summed E-state index contributed by atoms with van der Waals surface area (Å²) in [6, 6.07) is 0. The lowest BCUT2D eigenvalue weighted by Crippen LogP contribution is -2.59. The van der Waals surface area contributed by atoms with Gasteiger partial charge in [0.1, 0.15) is 11.2 Å². The number of carbonyl (C=O) groups is 3. The van der Waals surface area contributed by atoms with Gasteiger partial charge in [0.05, 0.1) is 13.2 Å². The van der Waals surface area contributed by atoms with Crippen molar-refractivity contribution in [1.82, 2.24) is 3.71 Å². The van der Waals surface area contributed by atoms with E-state index in [1.807, 2.05) is 0 Å². The van der Waals surface area contributed by atoms with Crippen LogP contribution < -0.4 is 0 Å². The number of rotatable bonds is 10. The van der Waals surface area contributed by atoms with Gasteiger partial charge in [-0.1, -0.05) is 3.71 Å². The van der Waals surface area contributed by atoms with Gasteiger partial charge in [0.2, 0.25) is 0 Å². The highest BCUT2D eigenvalue weighted by atomic mass is 32.3. The molecule has 4 aliphatic carbocycles. The maximum atomic E-state index is 15.5. The van der Waals surface area contributed by atoms with Gasteiger partial charge in [-0.2, -0.15) is 22.0 Å². The smallest absolute Gasteiger partial charge is 0.460 e. The molecule has 0 unspecified atom stereocenters.